The van der Waals surface area contributed by atoms with E-state index in [0.717, 1.165) is 24.1 Å². The number of ether oxygens (including phenoxy) is 1. The van der Waals surface area contributed by atoms with Crippen LogP contribution >= 0.6 is 0 Å². The standard InChI is InChI=1S/C20H29NO3S/c1-6-24-18(22)16-9-7-15(8-10-16)17(11-12-20(5)13-14-20)21-25(23)19(2,3)4/h7-10H,6,11-14H2,1-5H3. The maximum absolute atomic E-state index is 12.5. The van der Waals surface area contributed by atoms with Gasteiger partial charge in [-0.05, 0) is 76.5 Å². The number of esters is 1. The second-order valence-corrected chi connectivity index (χ2v) is 9.91. The molecule has 1 aromatic carbocycles. The Labute approximate surface area is 153 Å². The van der Waals surface area contributed by atoms with Crippen molar-refractivity contribution in [3.63, 3.8) is 0 Å². The molecule has 5 heteroatoms. The van der Waals surface area contributed by atoms with Crippen LogP contribution in [0.15, 0.2) is 28.7 Å². The minimum Gasteiger partial charge on any atom is -0.462 e. The van der Waals surface area contributed by atoms with E-state index in [1.807, 2.05) is 32.9 Å². The maximum Gasteiger partial charge on any atom is 0.338 e. The van der Waals surface area contributed by atoms with Crippen molar-refractivity contribution in [3.8, 4) is 0 Å². The van der Waals surface area contributed by atoms with Crippen molar-refractivity contribution in [2.75, 3.05) is 6.61 Å². The van der Waals surface area contributed by atoms with Crippen molar-refractivity contribution in [2.24, 2.45) is 9.81 Å². The fraction of sp³-hybridized carbons (Fsp3) is 0.600. The molecule has 0 heterocycles. The van der Waals surface area contributed by atoms with Crippen LogP contribution in [0.25, 0.3) is 0 Å². The van der Waals surface area contributed by atoms with Crippen LogP contribution in [0.4, 0.5) is 0 Å². The lowest BCUT2D eigenvalue weighted by atomic mass is 9.97. The van der Waals surface area contributed by atoms with E-state index in [4.69, 9.17) is 4.74 Å². The van der Waals surface area contributed by atoms with Crippen molar-refractivity contribution < 1.29 is 13.7 Å². The molecule has 0 bridgehead atoms. The lowest BCUT2D eigenvalue weighted by molar-refractivity contribution is 0.0526. The zero-order valence-electron chi connectivity index (χ0n) is 15.9. The molecule has 1 aliphatic rings. The zero-order valence-corrected chi connectivity index (χ0v) is 16.7. The van der Waals surface area contributed by atoms with E-state index in [9.17, 15) is 9.00 Å². The Morgan fingerprint density at radius 3 is 2.24 bits per heavy atom. The van der Waals surface area contributed by atoms with Crippen LogP contribution in [0.3, 0.4) is 0 Å². The molecule has 1 atom stereocenters. The molecule has 1 aromatic rings. The molecule has 1 aliphatic carbocycles. The molecule has 1 saturated carbocycles. The molecule has 1 unspecified atom stereocenters. The van der Waals surface area contributed by atoms with Crippen LogP contribution in [0.1, 0.15) is 76.2 Å². The van der Waals surface area contributed by atoms with Gasteiger partial charge in [0.25, 0.3) is 0 Å². The lowest BCUT2D eigenvalue weighted by Gasteiger charge is -2.16. The van der Waals surface area contributed by atoms with Gasteiger partial charge in [-0.3, -0.25) is 0 Å². The van der Waals surface area contributed by atoms with Crippen LogP contribution in [0.2, 0.25) is 0 Å². The second kappa shape index (κ2) is 7.81. The van der Waals surface area contributed by atoms with Gasteiger partial charge in [-0.1, -0.05) is 19.1 Å². The first-order valence-electron chi connectivity index (χ1n) is 8.92. The van der Waals surface area contributed by atoms with Gasteiger partial charge in [-0.15, -0.1) is 0 Å². The summed E-state index contributed by atoms with van der Waals surface area (Å²) in [5, 5.41) is 0. The van der Waals surface area contributed by atoms with E-state index < -0.39 is 11.0 Å². The molecule has 138 valence electrons. The number of hydrogen-bond acceptors (Lipinski definition) is 3. The van der Waals surface area contributed by atoms with Crippen LogP contribution < -0.4 is 0 Å². The van der Waals surface area contributed by atoms with Gasteiger partial charge in [0, 0.05) is 0 Å². The van der Waals surface area contributed by atoms with E-state index in [1.165, 1.54) is 12.8 Å². The van der Waals surface area contributed by atoms with Gasteiger partial charge in [0.1, 0.15) is 11.0 Å². The summed E-state index contributed by atoms with van der Waals surface area (Å²) in [6, 6.07) is 7.25. The fourth-order valence-corrected chi connectivity index (χ4v) is 3.05. The summed E-state index contributed by atoms with van der Waals surface area (Å²) in [6.07, 6.45) is 4.36. The van der Waals surface area contributed by atoms with Gasteiger partial charge < -0.3 is 4.74 Å². The van der Waals surface area contributed by atoms with E-state index in [2.05, 4.69) is 11.3 Å². The molecule has 0 spiro atoms. The molecule has 0 N–H and O–H groups in total. The highest BCUT2D eigenvalue weighted by Gasteiger charge is 2.36. The average Bonchev–Trinajstić information content (AvgIpc) is 3.28. The van der Waals surface area contributed by atoms with Crippen molar-refractivity contribution in [3.05, 3.63) is 35.4 Å². The summed E-state index contributed by atoms with van der Waals surface area (Å²) in [6.45, 7) is 10.2. The number of hydrogen-bond donors (Lipinski definition) is 0. The summed E-state index contributed by atoms with van der Waals surface area (Å²) in [5.41, 5.74) is 2.72. The topological polar surface area (TPSA) is 55.7 Å². The summed E-state index contributed by atoms with van der Waals surface area (Å²) in [5.74, 6) is -0.323. The summed E-state index contributed by atoms with van der Waals surface area (Å²) in [7, 11) is -1.30. The van der Waals surface area contributed by atoms with Crippen molar-refractivity contribution in [1.82, 2.24) is 0 Å². The van der Waals surface area contributed by atoms with Gasteiger partial charge >= 0.3 is 5.97 Å². The van der Waals surface area contributed by atoms with Crippen LogP contribution in [0, 0.1) is 5.41 Å². The van der Waals surface area contributed by atoms with Crippen molar-refractivity contribution in [2.45, 2.75) is 65.0 Å². The fourth-order valence-electron chi connectivity index (χ4n) is 2.38. The first-order valence-corrected chi connectivity index (χ1v) is 10.0. The average molecular weight is 364 g/mol. The van der Waals surface area contributed by atoms with Crippen LogP contribution in [0.5, 0.6) is 0 Å². The highest BCUT2D eigenvalue weighted by atomic mass is 32.2. The molecular formula is C20H29NO3S. The third kappa shape index (κ3) is 5.77. The number of nitrogens with zero attached hydrogens (tertiary/aromatic N) is 1. The Hall–Kier alpha value is -1.49. The van der Waals surface area contributed by atoms with Gasteiger partial charge in [0.15, 0.2) is 0 Å². The highest BCUT2D eigenvalue weighted by molar-refractivity contribution is 7.85. The normalized spacial score (nSPS) is 17.9. The molecule has 0 aliphatic heterocycles. The largest absolute Gasteiger partial charge is 0.462 e. The van der Waals surface area contributed by atoms with E-state index >= 15 is 0 Å². The third-order valence-corrected chi connectivity index (χ3v) is 5.95. The third-order valence-electron chi connectivity index (χ3n) is 4.52. The predicted octanol–water partition coefficient (Wildman–Crippen LogP) is 4.69. The van der Waals surface area contributed by atoms with E-state index in [0.29, 0.717) is 17.6 Å². The number of benzene rings is 1. The van der Waals surface area contributed by atoms with Gasteiger partial charge in [-0.25, -0.2) is 9.00 Å². The second-order valence-electron chi connectivity index (χ2n) is 8.01. The number of rotatable bonds is 7. The zero-order chi connectivity index (χ0) is 18.7. The molecule has 0 saturated heterocycles. The van der Waals surface area contributed by atoms with E-state index in [-0.39, 0.29) is 10.7 Å². The molecule has 25 heavy (non-hydrogen) atoms. The summed E-state index contributed by atoms with van der Waals surface area (Å²) >= 11 is 0. The molecule has 0 aromatic heterocycles. The van der Waals surface area contributed by atoms with Gasteiger partial charge in [0.2, 0.25) is 0 Å². The smallest absolute Gasteiger partial charge is 0.338 e. The first kappa shape index (κ1) is 19.8. The molecule has 0 radical (unpaired) electrons. The Balaban J connectivity index is 2.23. The maximum atomic E-state index is 12.5. The quantitative estimate of drug-likeness (QED) is 0.521. The number of carbonyl (C=O) groups excluding carboxylic acids is 1. The van der Waals surface area contributed by atoms with Crippen molar-refractivity contribution >= 4 is 22.7 Å². The van der Waals surface area contributed by atoms with Crippen molar-refractivity contribution in [1.29, 1.82) is 0 Å². The predicted molar refractivity (Wildman–Crippen MR) is 103 cm³/mol. The van der Waals surface area contributed by atoms with Crippen LogP contribution in [-0.2, 0) is 15.7 Å². The molecule has 4 nitrogen and oxygen atoms in total. The molecular weight excluding hydrogens is 334 g/mol. The summed E-state index contributed by atoms with van der Waals surface area (Å²) in [4.78, 5) is 11.8. The Morgan fingerprint density at radius 1 is 1.20 bits per heavy atom. The van der Waals surface area contributed by atoms with Gasteiger partial charge in [-0.2, -0.15) is 4.40 Å². The first-order chi connectivity index (χ1) is 11.6. The minimum absolute atomic E-state index is 0.323. The Kier molecular flexibility index (Phi) is 6.20. The molecule has 2 rings (SSSR count). The monoisotopic (exact) mass is 363 g/mol. The highest BCUT2D eigenvalue weighted by Crippen LogP contribution is 2.49. The number of carbonyl (C=O) groups is 1. The lowest BCUT2D eigenvalue weighted by Crippen LogP contribution is -2.21. The minimum atomic E-state index is -1.30. The Morgan fingerprint density at radius 2 is 1.76 bits per heavy atom. The summed E-state index contributed by atoms with van der Waals surface area (Å²) < 4.78 is 21.7. The molecule has 1 fully saturated rings. The Bertz CT molecular complexity index is 667. The van der Waals surface area contributed by atoms with Crippen LogP contribution in [-0.4, -0.2) is 27.2 Å². The molecule has 0 amide bonds. The SMILES string of the molecule is CCOC(=O)c1ccc(C(CCC2(C)CC2)=NS(=O)C(C)(C)C)cc1. The van der Waals surface area contributed by atoms with Gasteiger partial charge in [0.05, 0.1) is 22.6 Å². The van der Waals surface area contributed by atoms with E-state index in [1.54, 1.807) is 19.1 Å².